The van der Waals surface area contributed by atoms with E-state index in [0.717, 1.165) is 0 Å². The van der Waals surface area contributed by atoms with Crippen LogP contribution in [0.5, 0.6) is 0 Å². The molecule has 0 radical (unpaired) electrons. The second-order valence-corrected chi connectivity index (χ2v) is 5.63. The number of carbonyl (C=O) groups excluding carboxylic acids is 2. The Kier molecular flexibility index (Phi) is 4.25. The van der Waals surface area contributed by atoms with Crippen molar-refractivity contribution in [2.24, 2.45) is 11.8 Å². The topological polar surface area (TPSA) is 82.0 Å². The molecule has 2 aromatic rings. The first-order valence-electron chi connectivity index (χ1n) is 7.44. The number of nitriles is 1. The Morgan fingerprint density at radius 3 is 2.17 bits per heavy atom. The van der Waals surface area contributed by atoms with Crippen molar-refractivity contribution >= 4 is 23.2 Å². The van der Waals surface area contributed by atoms with Crippen molar-refractivity contribution in [2.45, 2.75) is 6.42 Å². The monoisotopic (exact) mass is 323 g/mol. The zero-order chi connectivity index (χ0) is 17.1. The van der Waals surface area contributed by atoms with Crippen LogP contribution < -0.4 is 10.6 Å². The third-order valence-electron chi connectivity index (χ3n) is 3.82. The van der Waals surface area contributed by atoms with Crippen molar-refractivity contribution in [1.82, 2.24) is 0 Å². The average molecular weight is 323 g/mol. The van der Waals surface area contributed by atoms with Crippen LogP contribution in [0.15, 0.2) is 48.5 Å². The van der Waals surface area contributed by atoms with E-state index in [0.29, 0.717) is 23.4 Å². The Morgan fingerprint density at radius 2 is 1.58 bits per heavy atom. The summed E-state index contributed by atoms with van der Waals surface area (Å²) in [4.78, 5) is 24.3. The quantitative estimate of drug-likeness (QED) is 0.907. The van der Waals surface area contributed by atoms with Gasteiger partial charge < -0.3 is 10.6 Å². The van der Waals surface area contributed by atoms with Crippen LogP contribution >= 0.6 is 0 Å². The Balaban J connectivity index is 1.57. The number of rotatable bonds is 4. The van der Waals surface area contributed by atoms with E-state index in [-0.39, 0.29) is 11.8 Å². The van der Waals surface area contributed by atoms with Gasteiger partial charge in [0.05, 0.1) is 23.5 Å². The lowest BCUT2D eigenvalue weighted by molar-refractivity contribution is -0.122. The minimum Gasteiger partial charge on any atom is -0.326 e. The highest BCUT2D eigenvalue weighted by molar-refractivity contribution is 6.03. The van der Waals surface area contributed by atoms with Gasteiger partial charge in [0.25, 0.3) is 0 Å². The van der Waals surface area contributed by atoms with Gasteiger partial charge in [0, 0.05) is 11.4 Å². The van der Waals surface area contributed by atoms with E-state index in [1.807, 2.05) is 6.07 Å². The SMILES string of the molecule is N#Cc1cccc(NC(=O)C2CC2C(=O)Nc2cccc(F)c2)c1. The molecule has 5 nitrogen and oxygen atoms in total. The molecule has 120 valence electrons. The summed E-state index contributed by atoms with van der Waals surface area (Å²) in [6.07, 6.45) is 0.449. The Bertz CT molecular complexity index is 844. The molecule has 6 heteroatoms. The number of carbonyl (C=O) groups is 2. The molecule has 2 atom stereocenters. The van der Waals surface area contributed by atoms with E-state index in [1.54, 1.807) is 30.3 Å². The number of hydrogen-bond donors (Lipinski definition) is 2. The maximum atomic E-state index is 13.1. The molecule has 1 aliphatic carbocycles. The van der Waals surface area contributed by atoms with Crippen LogP contribution in [0.25, 0.3) is 0 Å². The van der Waals surface area contributed by atoms with E-state index < -0.39 is 17.7 Å². The molecule has 24 heavy (non-hydrogen) atoms. The Hall–Kier alpha value is -3.20. The van der Waals surface area contributed by atoms with Gasteiger partial charge in [-0.15, -0.1) is 0 Å². The first-order valence-corrected chi connectivity index (χ1v) is 7.44. The fraction of sp³-hybridized carbons (Fsp3) is 0.167. The molecule has 0 spiro atoms. The van der Waals surface area contributed by atoms with E-state index >= 15 is 0 Å². The van der Waals surface area contributed by atoms with Crippen LogP contribution in [0.1, 0.15) is 12.0 Å². The first-order chi connectivity index (χ1) is 11.6. The molecule has 0 aliphatic heterocycles. The average Bonchev–Trinajstić information content (AvgIpc) is 3.36. The molecular weight excluding hydrogens is 309 g/mol. The van der Waals surface area contributed by atoms with Gasteiger partial charge in [-0.2, -0.15) is 5.26 Å². The number of hydrogen-bond acceptors (Lipinski definition) is 3. The van der Waals surface area contributed by atoms with E-state index in [2.05, 4.69) is 10.6 Å². The second-order valence-electron chi connectivity index (χ2n) is 5.63. The van der Waals surface area contributed by atoms with Gasteiger partial charge in [-0.25, -0.2) is 4.39 Å². The number of halogens is 1. The number of nitrogens with one attached hydrogen (secondary N) is 2. The standard InChI is InChI=1S/C18H14FN3O2/c19-12-4-2-6-14(8-12)22-18(24)16-9-15(16)17(23)21-13-5-1-3-11(7-13)10-20/h1-8,15-16H,9H2,(H,21,23)(H,22,24). The van der Waals surface area contributed by atoms with Crippen molar-refractivity contribution in [1.29, 1.82) is 5.26 Å². The minimum absolute atomic E-state index is 0.260. The van der Waals surface area contributed by atoms with Crippen LogP contribution in [-0.4, -0.2) is 11.8 Å². The molecule has 1 fully saturated rings. The number of benzene rings is 2. The second kappa shape index (κ2) is 6.50. The van der Waals surface area contributed by atoms with Gasteiger partial charge in [-0.05, 0) is 42.8 Å². The van der Waals surface area contributed by atoms with Gasteiger partial charge in [0.15, 0.2) is 0 Å². The Morgan fingerprint density at radius 1 is 1.00 bits per heavy atom. The number of amides is 2. The number of anilines is 2. The summed E-state index contributed by atoms with van der Waals surface area (Å²) in [5, 5.41) is 14.2. The summed E-state index contributed by atoms with van der Waals surface area (Å²) in [7, 11) is 0. The molecule has 2 aromatic carbocycles. The van der Waals surface area contributed by atoms with Crippen molar-refractivity contribution in [2.75, 3.05) is 10.6 Å². The van der Waals surface area contributed by atoms with Gasteiger partial charge in [0.2, 0.25) is 11.8 Å². The maximum Gasteiger partial charge on any atom is 0.228 e. The highest BCUT2D eigenvalue weighted by Crippen LogP contribution is 2.40. The predicted octanol–water partition coefficient (Wildman–Crippen LogP) is 2.91. The van der Waals surface area contributed by atoms with Gasteiger partial charge in [0.1, 0.15) is 5.82 Å². The van der Waals surface area contributed by atoms with Crippen LogP contribution in [0.2, 0.25) is 0 Å². The summed E-state index contributed by atoms with van der Waals surface area (Å²) in [5.74, 6) is -1.83. The molecule has 0 bridgehead atoms. The summed E-state index contributed by atoms with van der Waals surface area (Å²) < 4.78 is 13.1. The van der Waals surface area contributed by atoms with Crippen LogP contribution in [0.3, 0.4) is 0 Å². The van der Waals surface area contributed by atoms with Gasteiger partial charge in [-0.1, -0.05) is 12.1 Å². The molecule has 1 aliphatic rings. The van der Waals surface area contributed by atoms with E-state index in [1.165, 1.54) is 18.2 Å². The van der Waals surface area contributed by atoms with Crippen LogP contribution in [0.4, 0.5) is 15.8 Å². The highest BCUT2D eigenvalue weighted by Gasteiger charge is 2.48. The lowest BCUT2D eigenvalue weighted by Gasteiger charge is -2.06. The molecule has 2 unspecified atom stereocenters. The van der Waals surface area contributed by atoms with Gasteiger partial charge >= 0.3 is 0 Å². The normalized spacial score (nSPS) is 18.3. The maximum absolute atomic E-state index is 13.1. The van der Waals surface area contributed by atoms with Crippen LogP contribution in [0, 0.1) is 29.0 Å². The zero-order valence-electron chi connectivity index (χ0n) is 12.6. The first kappa shape index (κ1) is 15.7. The smallest absolute Gasteiger partial charge is 0.228 e. The van der Waals surface area contributed by atoms with E-state index in [4.69, 9.17) is 5.26 Å². The molecule has 2 N–H and O–H groups in total. The molecular formula is C18H14FN3O2. The highest BCUT2D eigenvalue weighted by atomic mass is 19.1. The lowest BCUT2D eigenvalue weighted by Crippen LogP contribution is -2.20. The van der Waals surface area contributed by atoms with E-state index in [9.17, 15) is 14.0 Å². The van der Waals surface area contributed by atoms with Crippen molar-refractivity contribution < 1.29 is 14.0 Å². The van der Waals surface area contributed by atoms with Crippen LogP contribution in [-0.2, 0) is 9.59 Å². The molecule has 0 heterocycles. The molecule has 3 rings (SSSR count). The van der Waals surface area contributed by atoms with Crippen molar-refractivity contribution in [3.05, 3.63) is 59.9 Å². The largest absolute Gasteiger partial charge is 0.326 e. The third-order valence-corrected chi connectivity index (χ3v) is 3.82. The summed E-state index contributed by atoms with van der Waals surface area (Å²) in [6, 6.07) is 14.2. The summed E-state index contributed by atoms with van der Waals surface area (Å²) in [6.45, 7) is 0. The molecule has 1 saturated carbocycles. The van der Waals surface area contributed by atoms with Gasteiger partial charge in [-0.3, -0.25) is 9.59 Å². The lowest BCUT2D eigenvalue weighted by atomic mass is 10.2. The molecule has 0 saturated heterocycles. The Labute approximate surface area is 138 Å². The number of nitrogens with zero attached hydrogens (tertiary/aromatic N) is 1. The third kappa shape index (κ3) is 3.58. The zero-order valence-corrected chi connectivity index (χ0v) is 12.6. The molecule has 2 amide bonds. The predicted molar refractivity (Wildman–Crippen MR) is 86.4 cm³/mol. The molecule has 0 aromatic heterocycles. The summed E-state index contributed by atoms with van der Waals surface area (Å²) >= 11 is 0. The van der Waals surface area contributed by atoms with Crippen molar-refractivity contribution in [3.8, 4) is 6.07 Å². The fourth-order valence-electron chi connectivity index (χ4n) is 2.48. The fourth-order valence-corrected chi connectivity index (χ4v) is 2.48. The van der Waals surface area contributed by atoms with Crippen molar-refractivity contribution in [3.63, 3.8) is 0 Å². The minimum atomic E-state index is -0.435. The summed E-state index contributed by atoms with van der Waals surface area (Å²) in [5.41, 5.74) is 1.34.